The van der Waals surface area contributed by atoms with Crippen LogP contribution in [0.3, 0.4) is 0 Å². The van der Waals surface area contributed by atoms with E-state index in [1.54, 1.807) is 7.11 Å². The molecule has 2 aliphatic rings. The van der Waals surface area contributed by atoms with E-state index in [1.165, 1.54) is 0 Å². The number of anilines is 1. The lowest BCUT2D eigenvalue weighted by atomic mass is 9.73. The van der Waals surface area contributed by atoms with Crippen LogP contribution >= 0.6 is 11.6 Å². The van der Waals surface area contributed by atoms with Crippen molar-refractivity contribution in [3.63, 3.8) is 0 Å². The molecular formula is C23H28ClN5O2. The van der Waals surface area contributed by atoms with Crippen molar-refractivity contribution in [2.45, 2.75) is 38.8 Å². The van der Waals surface area contributed by atoms with Crippen LogP contribution in [0.25, 0.3) is 16.8 Å². The monoisotopic (exact) mass is 441 g/mol. The van der Waals surface area contributed by atoms with Gasteiger partial charge < -0.3 is 20.1 Å². The predicted molar refractivity (Wildman–Crippen MR) is 122 cm³/mol. The zero-order valence-electron chi connectivity index (χ0n) is 18.1. The first-order valence-electron chi connectivity index (χ1n) is 10.7. The van der Waals surface area contributed by atoms with Crippen molar-refractivity contribution in [2.24, 2.45) is 11.1 Å². The normalized spacial score (nSPS) is 23.1. The van der Waals surface area contributed by atoms with Gasteiger partial charge in [0, 0.05) is 30.1 Å². The number of halogens is 1. The summed E-state index contributed by atoms with van der Waals surface area (Å²) in [6, 6.07) is 7.86. The van der Waals surface area contributed by atoms with Crippen LogP contribution in [0.1, 0.15) is 25.5 Å². The van der Waals surface area contributed by atoms with Gasteiger partial charge in [0.05, 0.1) is 42.4 Å². The highest BCUT2D eigenvalue weighted by molar-refractivity contribution is 6.34. The zero-order valence-corrected chi connectivity index (χ0v) is 18.9. The lowest BCUT2D eigenvalue weighted by Gasteiger charge is -2.41. The number of rotatable bonds is 3. The Morgan fingerprint density at radius 2 is 2.03 bits per heavy atom. The first kappa shape index (κ1) is 20.5. The van der Waals surface area contributed by atoms with E-state index < -0.39 is 0 Å². The Morgan fingerprint density at radius 1 is 1.26 bits per heavy atom. The van der Waals surface area contributed by atoms with Gasteiger partial charge in [-0.1, -0.05) is 23.7 Å². The van der Waals surface area contributed by atoms with Gasteiger partial charge in [-0.3, -0.25) is 0 Å². The number of nitrogens with two attached hydrogens (primary N) is 1. The Labute approximate surface area is 187 Å². The highest BCUT2D eigenvalue weighted by atomic mass is 35.5. The highest BCUT2D eigenvalue weighted by Gasteiger charge is 2.47. The van der Waals surface area contributed by atoms with E-state index in [2.05, 4.69) is 16.9 Å². The molecule has 0 amide bonds. The summed E-state index contributed by atoms with van der Waals surface area (Å²) < 4.78 is 13.2. The molecule has 1 spiro atoms. The number of methoxy groups -OCH3 is 1. The molecule has 0 bridgehead atoms. The van der Waals surface area contributed by atoms with Crippen LogP contribution in [0.4, 0.5) is 5.82 Å². The second-order valence-electron chi connectivity index (χ2n) is 8.71. The number of benzene rings is 1. The van der Waals surface area contributed by atoms with Crippen LogP contribution in [-0.2, 0) is 4.74 Å². The van der Waals surface area contributed by atoms with Gasteiger partial charge in [0.15, 0.2) is 5.82 Å². The fraction of sp³-hybridized carbons (Fsp3) is 0.478. The van der Waals surface area contributed by atoms with Crippen LogP contribution in [0, 0.1) is 12.3 Å². The third kappa shape index (κ3) is 3.18. The molecule has 0 unspecified atom stereocenters. The van der Waals surface area contributed by atoms with Crippen LogP contribution in [0.2, 0.25) is 5.02 Å². The molecule has 5 rings (SSSR count). The van der Waals surface area contributed by atoms with Crippen LogP contribution in [-0.4, -0.2) is 53.6 Å². The molecular weight excluding hydrogens is 414 g/mol. The molecule has 7 nitrogen and oxygen atoms in total. The summed E-state index contributed by atoms with van der Waals surface area (Å²) in [5.41, 5.74) is 10.1. The van der Waals surface area contributed by atoms with Crippen LogP contribution in [0.5, 0.6) is 5.75 Å². The minimum absolute atomic E-state index is 0.0789. The first-order chi connectivity index (χ1) is 14.9. The van der Waals surface area contributed by atoms with E-state index in [4.69, 9.17) is 31.8 Å². The molecule has 0 aliphatic carbocycles. The summed E-state index contributed by atoms with van der Waals surface area (Å²) in [4.78, 5) is 7.37. The number of aromatic nitrogens is 3. The summed E-state index contributed by atoms with van der Waals surface area (Å²) in [6.45, 7) is 6.64. The molecule has 2 atom stereocenters. The van der Waals surface area contributed by atoms with Gasteiger partial charge in [-0.05, 0) is 38.8 Å². The standard InChI is InChI=1S/C23H28ClN5O2/c1-14-20(16-5-4-6-18(30-3)19(16)24)29-17(7-10-26-29)22(27-14)28-11-8-23(9-12-28)13-31-15(2)21(23)25/h4-7,10,15,21H,8-9,11-13,25H2,1-3H3/t15-,21+/m0/s1. The Kier molecular flexibility index (Phi) is 5.07. The number of aryl methyl sites for hydroxylation is 1. The van der Waals surface area contributed by atoms with E-state index in [1.807, 2.05) is 41.9 Å². The molecule has 31 heavy (non-hydrogen) atoms. The van der Waals surface area contributed by atoms with E-state index in [0.29, 0.717) is 10.8 Å². The Bertz CT molecular complexity index is 1120. The van der Waals surface area contributed by atoms with E-state index in [9.17, 15) is 0 Å². The lowest BCUT2D eigenvalue weighted by molar-refractivity contribution is 0.0974. The second kappa shape index (κ2) is 7.65. The highest BCUT2D eigenvalue weighted by Crippen LogP contribution is 2.43. The van der Waals surface area contributed by atoms with Crippen LogP contribution < -0.4 is 15.4 Å². The summed E-state index contributed by atoms with van der Waals surface area (Å²) >= 11 is 6.64. The van der Waals surface area contributed by atoms with Crippen LogP contribution in [0.15, 0.2) is 30.5 Å². The molecule has 2 aliphatic heterocycles. The molecule has 0 saturated carbocycles. The maximum Gasteiger partial charge on any atom is 0.155 e. The molecule has 2 N–H and O–H groups in total. The Hall–Kier alpha value is -2.35. The third-order valence-electron chi connectivity index (χ3n) is 7.04. The molecule has 2 aromatic heterocycles. The third-order valence-corrected chi connectivity index (χ3v) is 7.43. The van der Waals surface area contributed by atoms with Gasteiger partial charge in [0.25, 0.3) is 0 Å². The summed E-state index contributed by atoms with van der Waals surface area (Å²) in [5.74, 6) is 1.58. The van der Waals surface area contributed by atoms with E-state index in [0.717, 1.165) is 60.8 Å². The number of piperidine rings is 1. The van der Waals surface area contributed by atoms with Gasteiger partial charge in [-0.2, -0.15) is 5.10 Å². The van der Waals surface area contributed by atoms with Gasteiger partial charge in [0.2, 0.25) is 0 Å². The van der Waals surface area contributed by atoms with Gasteiger partial charge in [-0.15, -0.1) is 0 Å². The lowest BCUT2D eigenvalue weighted by Crippen LogP contribution is -2.50. The van der Waals surface area contributed by atoms with Crippen molar-refractivity contribution in [3.8, 4) is 17.0 Å². The largest absolute Gasteiger partial charge is 0.495 e. The number of hydrogen-bond donors (Lipinski definition) is 1. The molecule has 2 saturated heterocycles. The average molecular weight is 442 g/mol. The second-order valence-corrected chi connectivity index (χ2v) is 9.09. The average Bonchev–Trinajstić information content (AvgIpc) is 3.36. The molecule has 3 aromatic rings. The molecule has 164 valence electrons. The van der Waals surface area contributed by atoms with E-state index in [-0.39, 0.29) is 17.6 Å². The smallest absolute Gasteiger partial charge is 0.155 e. The summed E-state index contributed by atoms with van der Waals surface area (Å²) in [7, 11) is 1.62. The number of ether oxygens (including phenoxy) is 2. The number of nitrogens with zero attached hydrogens (tertiary/aromatic N) is 4. The maximum atomic E-state index is 6.64. The summed E-state index contributed by atoms with van der Waals surface area (Å²) in [6.07, 6.45) is 3.94. The molecule has 4 heterocycles. The quantitative estimate of drug-likeness (QED) is 0.667. The Morgan fingerprint density at radius 3 is 2.71 bits per heavy atom. The zero-order chi connectivity index (χ0) is 21.8. The Balaban J connectivity index is 1.52. The number of fused-ring (bicyclic) bond motifs is 1. The van der Waals surface area contributed by atoms with Crippen molar-refractivity contribution in [2.75, 3.05) is 31.7 Å². The van der Waals surface area contributed by atoms with E-state index >= 15 is 0 Å². The van der Waals surface area contributed by atoms with Crippen molar-refractivity contribution < 1.29 is 9.47 Å². The molecule has 8 heteroatoms. The van der Waals surface area contributed by atoms with Crippen molar-refractivity contribution in [1.29, 1.82) is 0 Å². The fourth-order valence-electron chi connectivity index (χ4n) is 5.10. The topological polar surface area (TPSA) is 77.9 Å². The number of hydrogen-bond acceptors (Lipinski definition) is 6. The molecule has 0 radical (unpaired) electrons. The van der Waals surface area contributed by atoms with Gasteiger partial charge in [-0.25, -0.2) is 9.50 Å². The first-order valence-corrected chi connectivity index (χ1v) is 11.1. The summed E-state index contributed by atoms with van der Waals surface area (Å²) in [5, 5.41) is 5.17. The fourth-order valence-corrected chi connectivity index (χ4v) is 5.40. The minimum atomic E-state index is 0.0789. The molecule has 1 aromatic carbocycles. The maximum absolute atomic E-state index is 6.64. The van der Waals surface area contributed by atoms with Gasteiger partial charge in [0.1, 0.15) is 11.3 Å². The van der Waals surface area contributed by atoms with Gasteiger partial charge >= 0.3 is 0 Å². The van der Waals surface area contributed by atoms with Crippen molar-refractivity contribution >= 4 is 22.9 Å². The SMILES string of the molecule is COc1cccc(-c2c(C)nc(N3CCC4(CC3)CO[C@@H](C)[C@H]4N)c3ccnn23)c1Cl. The van der Waals surface area contributed by atoms with Crippen molar-refractivity contribution in [1.82, 2.24) is 14.6 Å². The predicted octanol–water partition coefficient (Wildman–Crippen LogP) is 3.70. The minimum Gasteiger partial charge on any atom is -0.495 e. The van der Waals surface area contributed by atoms with Crippen molar-refractivity contribution in [3.05, 3.63) is 41.2 Å². The molecule has 2 fully saturated rings.